The number of carbonyl (C=O) groups is 2. The van der Waals surface area contributed by atoms with Gasteiger partial charge in [-0.1, -0.05) is 0 Å². The normalized spacial score (nSPS) is 11.2. The smallest absolute Gasteiger partial charge is 0.337 e. The van der Waals surface area contributed by atoms with Crippen molar-refractivity contribution in [3.8, 4) is 18.1 Å². The lowest BCUT2D eigenvalue weighted by Gasteiger charge is -2.13. The van der Waals surface area contributed by atoms with Gasteiger partial charge in [0.1, 0.15) is 5.75 Å². The zero-order valence-electron chi connectivity index (χ0n) is 10.3. The number of carboxylic acids is 1. The van der Waals surface area contributed by atoms with Crippen LogP contribution in [0.5, 0.6) is 5.75 Å². The highest BCUT2D eigenvalue weighted by atomic mass is 16.5. The molecule has 6 heteroatoms. The molecule has 4 N–H and O–H groups in total. The summed E-state index contributed by atoms with van der Waals surface area (Å²) in [6.07, 6.45) is 5.13. The van der Waals surface area contributed by atoms with Crippen LogP contribution < -0.4 is 15.8 Å². The second kappa shape index (κ2) is 6.42. The van der Waals surface area contributed by atoms with E-state index in [1.807, 2.05) is 0 Å². The third-order valence-corrected chi connectivity index (χ3v) is 2.39. The molecule has 0 bridgehead atoms. The molecule has 1 atom stereocenters. The standard InChI is InChI=1S/C13H14N2O4/c1-3-4-10(14)12(16)15-11-7-8(19-2)5-6-9(11)13(17)18/h1,5-7,10H,4,14H2,2H3,(H,15,16)(H,17,18). The number of terminal acetylenes is 1. The van der Waals surface area contributed by atoms with Crippen LogP contribution in [0.1, 0.15) is 16.8 Å². The monoisotopic (exact) mass is 262 g/mol. The molecule has 6 nitrogen and oxygen atoms in total. The third kappa shape index (κ3) is 3.72. The summed E-state index contributed by atoms with van der Waals surface area (Å²) in [5, 5.41) is 11.5. The number of rotatable bonds is 5. The molecule has 1 aromatic rings. The maximum Gasteiger partial charge on any atom is 0.337 e. The predicted octanol–water partition coefficient (Wildman–Crippen LogP) is 0.682. The summed E-state index contributed by atoms with van der Waals surface area (Å²) in [7, 11) is 1.44. The summed E-state index contributed by atoms with van der Waals surface area (Å²) in [5.41, 5.74) is 5.60. The molecule has 1 unspecified atom stereocenters. The number of carboxylic acid groups (broad SMARTS) is 1. The SMILES string of the molecule is C#CCC(N)C(=O)Nc1cc(OC)ccc1C(=O)O. The van der Waals surface area contributed by atoms with Crippen LogP contribution in [0.15, 0.2) is 18.2 Å². The summed E-state index contributed by atoms with van der Waals surface area (Å²) in [5.74, 6) is 0.978. The number of ether oxygens (including phenoxy) is 1. The van der Waals surface area contributed by atoms with Gasteiger partial charge in [-0.25, -0.2) is 4.79 Å². The van der Waals surface area contributed by atoms with Gasteiger partial charge >= 0.3 is 5.97 Å². The zero-order chi connectivity index (χ0) is 14.4. The van der Waals surface area contributed by atoms with Gasteiger partial charge < -0.3 is 20.9 Å². The predicted molar refractivity (Wildman–Crippen MR) is 70.0 cm³/mol. The summed E-state index contributed by atoms with van der Waals surface area (Å²) in [4.78, 5) is 22.8. The first kappa shape index (κ1) is 14.5. The van der Waals surface area contributed by atoms with E-state index < -0.39 is 17.9 Å². The first-order valence-corrected chi connectivity index (χ1v) is 5.40. The second-order valence-corrected chi connectivity index (χ2v) is 3.72. The third-order valence-electron chi connectivity index (χ3n) is 2.39. The molecule has 0 heterocycles. The fraction of sp³-hybridized carbons (Fsp3) is 0.231. The van der Waals surface area contributed by atoms with Crippen LogP contribution in [0.3, 0.4) is 0 Å². The van der Waals surface area contributed by atoms with Gasteiger partial charge in [-0.15, -0.1) is 12.3 Å². The molecule has 100 valence electrons. The minimum atomic E-state index is -1.16. The Kier molecular flexibility index (Phi) is 4.92. The lowest BCUT2D eigenvalue weighted by atomic mass is 10.1. The van der Waals surface area contributed by atoms with Crippen molar-refractivity contribution in [2.75, 3.05) is 12.4 Å². The lowest BCUT2D eigenvalue weighted by molar-refractivity contribution is -0.117. The Morgan fingerprint density at radius 1 is 1.58 bits per heavy atom. The second-order valence-electron chi connectivity index (χ2n) is 3.72. The van der Waals surface area contributed by atoms with E-state index in [1.165, 1.54) is 25.3 Å². The lowest BCUT2D eigenvalue weighted by Crippen LogP contribution is -2.35. The molecule has 0 aromatic heterocycles. The van der Waals surface area contributed by atoms with Gasteiger partial charge in [0, 0.05) is 12.5 Å². The molecule has 0 radical (unpaired) electrons. The van der Waals surface area contributed by atoms with E-state index in [-0.39, 0.29) is 17.7 Å². The molecule has 0 saturated carbocycles. The Bertz CT molecular complexity index is 534. The highest BCUT2D eigenvalue weighted by molar-refractivity contribution is 6.02. The van der Waals surface area contributed by atoms with Gasteiger partial charge in [-0.3, -0.25) is 4.79 Å². The first-order chi connectivity index (χ1) is 8.99. The number of benzene rings is 1. The molecule has 1 rings (SSSR count). The van der Waals surface area contributed by atoms with Gasteiger partial charge in [0.05, 0.1) is 24.4 Å². The van der Waals surface area contributed by atoms with Gasteiger partial charge in [0.25, 0.3) is 0 Å². The molecule has 1 amide bonds. The van der Waals surface area contributed by atoms with E-state index in [1.54, 1.807) is 0 Å². The van der Waals surface area contributed by atoms with Crippen molar-refractivity contribution >= 4 is 17.6 Å². The Balaban J connectivity index is 3.01. The number of hydrogen-bond acceptors (Lipinski definition) is 4. The maximum atomic E-state index is 11.7. The van der Waals surface area contributed by atoms with Crippen LogP contribution in [-0.2, 0) is 4.79 Å². The summed E-state index contributed by atoms with van der Waals surface area (Å²) >= 11 is 0. The number of amides is 1. The van der Waals surface area contributed by atoms with Gasteiger partial charge in [-0.2, -0.15) is 0 Å². The average Bonchev–Trinajstić information content (AvgIpc) is 2.38. The molecule has 0 fully saturated rings. The minimum Gasteiger partial charge on any atom is -0.497 e. The average molecular weight is 262 g/mol. The fourth-order valence-corrected chi connectivity index (χ4v) is 1.39. The molecule has 19 heavy (non-hydrogen) atoms. The number of hydrogen-bond donors (Lipinski definition) is 3. The van der Waals surface area contributed by atoms with Gasteiger partial charge in [0.2, 0.25) is 5.91 Å². The zero-order valence-corrected chi connectivity index (χ0v) is 10.3. The van der Waals surface area contributed by atoms with Crippen molar-refractivity contribution in [3.63, 3.8) is 0 Å². The fourth-order valence-electron chi connectivity index (χ4n) is 1.39. The summed E-state index contributed by atoms with van der Waals surface area (Å²) in [6.45, 7) is 0. The number of nitrogens with one attached hydrogen (secondary N) is 1. The van der Waals surface area contributed by atoms with Crippen LogP contribution in [0.2, 0.25) is 0 Å². The van der Waals surface area contributed by atoms with Crippen molar-refractivity contribution in [2.45, 2.75) is 12.5 Å². The van der Waals surface area contributed by atoms with E-state index in [0.29, 0.717) is 5.75 Å². The van der Waals surface area contributed by atoms with E-state index in [4.69, 9.17) is 22.0 Å². The van der Waals surface area contributed by atoms with Gasteiger partial charge in [0.15, 0.2) is 0 Å². The van der Waals surface area contributed by atoms with Crippen molar-refractivity contribution in [1.29, 1.82) is 0 Å². The highest BCUT2D eigenvalue weighted by Crippen LogP contribution is 2.22. The molecular weight excluding hydrogens is 248 g/mol. The molecule has 0 spiro atoms. The van der Waals surface area contributed by atoms with Crippen molar-refractivity contribution in [1.82, 2.24) is 0 Å². The Morgan fingerprint density at radius 2 is 2.26 bits per heavy atom. The minimum absolute atomic E-state index is 0.0537. The molecule has 0 aliphatic rings. The van der Waals surface area contributed by atoms with Crippen molar-refractivity contribution < 1.29 is 19.4 Å². The van der Waals surface area contributed by atoms with E-state index >= 15 is 0 Å². The molecule has 0 aliphatic heterocycles. The molecular formula is C13H14N2O4. The molecule has 0 saturated heterocycles. The molecule has 1 aromatic carbocycles. The van der Waals surface area contributed by atoms with Crippen LogP contribution in [-0.4, -0.2) is 30.1 Å². The van der Waals surface area contributed by atoms with Crippen LogP contribution in [0, 0.1) is 12.3 Å². The topological polar surface area (TPSA) is 102 Å². The van der Waals surface area contributed by atoms with Crippen LogP contribution in [0.4, 0.5) is 5.69 Å². The number of methoxy groups -OCH3 is 1. The van der Waals surface area contributed by atoms with E-state index in [9.17, 15) is 9.59 Å². The van der Waals surface area contributed by atoms with Crippen LogP contribution in [0.25, 0.3) is 0 Å². The summed E-state index contributed by atoms with van der Waals surface area (Å²) < 4.78 is 4.97. The molecule has 0 aliphatic carbocycles. The highest BCUT2D eigenvalue weighted by Gasteiger charge is 2.17. The van der Waals surface area contributed by atoms with Crippen molar-refractivity contribution in [2.24, 2.45) is 5.73 Å². The van der Waals surface area contributed by atoms with Crippen molar-refractivity contribution in [3.05, 3.63) is 23.8 Å². The number of nitrogens with two attached hydrogens (primary N) is 1. The number of anilines is 1. The van der Waals surface area contributed by atoms with E-state index in [2.05, 4.69) is 11.2 Å². The maximum absolute atomic E-state index is 11.7. The Hall–Kier alpha value is -2.52. The quantitative estimate of drug-likeness (QED) is 0.677. The Morgan fingerprint density at radius 3 is 2.79 bits per heavy atom. The van der Waals surface area contributed by atoms with Gasteiger partial charge in [-0.05, 0) is 12.1 Å². The van der Waals surface area contributed by atoms with E-state index in [0.717, 1.165) is 0 Å². The Labute approximate surface area is 110 Å². The largest absolute Gasteiger partial charge is 0.497 e. The first-order valence-electron chi connectivity index (χ1n) is 5.40. The number of aromatic carboxylic acids is 1. The van der Waals surface area contributed by atoms with Crippen LogP contribution >= 0.6 is 0 Å². The number of carbonyl (C=O) groups excluding carboxylic acids is 1. The summed E-state index contributed by atoms with van der Waals surface area (Å²) in [6, 6.07) is 3.34.